The fourth-order valence-electron chi connectivity index (χ4n) is 10.7. The van der Waals surface area contributed by atoms with Crippen molar-refractivity contribution in [1.29, 1.82) is 0 Å². The third-order valence-corrected chi connectivity index (χ3v) is 13.7. The fraction of sp³-hybridized carbons (Fsp3) is 0. The average molecular weight is 839 g/mol. The summed E-state index contributed by atoms with van der Waals surface area (Å²) in [5, 5.41) is 12.0. The Balaban J connectivity index is 1.04. The van der Waals surface area contributed by atoms with Gasteiger partial charge in [-0.05, 0) is 81.2 Å². The average Bonchev–Trinajstić information content (AvgIpc) is 3.90. The van der Waals surface area contributed by atoms with Crippen LogP contribution >= 0.6 is 0 Å². The van der Waals surface area contributed by atoms with Crippen LogP contribution in [0.25, 0.3) is 132 Å². The van der Waals surface area contributed by atoms with Gasteiger partial charge in [0, 0.05) is 43.4 Å². The molecular formula is C62H38N4. The zero-order valence-electron chi connectivity index (χ0n) is 35.7. The van der Waals surface area contributed by atoms with E-state index in [1.807, 2.05) is 12.1 Å². The maximum atomic E-state index is 5.42. The van der Waals surface area contributed by atoms with E-state index >= 15 is 0 Å². The summed E-state index contributed by atoms with van der Waals surface area (Å²) in [5.74, 6) is 0. The number of benzene rings is 11. The number of hydrogen-bond acceptors (Lipinski definition) is 2. The van der Waals surface area contributed by atoms with Gasteiger partial charge >= 0.3 is 0 Å². The summed E-state index contributed by atoms with van der Waals surface area (Å²) < 4.78 is 5.01. The van der Waals surface area contributed by atoms with Crippen molar-refractivity contribution in [3.05, 3.63) is 231 Å². The van der Waals surface area contributed by atoms with Crippen LogP contribution in [0.2, 0.25) is 0 Å². The first-order valence-corrected chi connectivity index (χ1v) is 22.6. The minimum atomic E-state index is 0.859. The van der Waals surface area contributed by atoms with Crippen molar-refractivity contribution >= 4 is 87.0 Å². The van der Waals surface area contributed by atoms with Gasteiger partial charge < -0.3 is 9.13 Å². The topological polar surface area (TPSA) is 35.6 Å². The molecule has 0 aliphatic carbocycles. The van der Waals surface area contributed by atoms with Gasteiger partial charge in [-0.15, -0.1) is 0 Å². The van der Waals surface area contributed by atoms with Crippen molar-refractivity contribution in [1.82, 2.24) is 19.1 Å². The maximum Gasteiger partial charge on any atom is 0.0979 e. The van der Waals surface area contributed by atoms with Gasteiger partial charge in [0.05, 0.1) is 55.9 Å². The fourth-order valence-corrected chi connectivity index (χ4v) is 10.7. The van der Waals surface area contributed by atoms with E-state index in [9.17, 15) is 0 Å². The highest BCUT2D eigenvalue weighted by Crippen LogP contribution is 2.45. The van der Waals surface area contributed by atoms with Gasteiger partial charge in [0.15, 0.2) is 0 Å². The second-order valence-corrected chi connectivity index (χ2v) is 17.3. The first kappa shape index (κ1) is 36.6. The van der Waals surface area contributed by atoms with E-state index in [1.165, 1.54) is 59.7 Å². The van der Waals surface area contributed by atoms with Crippen LogP contribution in [0, 0.1) is 0 Å². The minimum absolute atomic E-state index is 0.859. The summed E-state index contributed by atoms with van der Waals surface area (Å²) >= 11 is 0. The van der Waals surface area contributed by atoms with Crippen molar-refractivity contribution in [3.8, 4) is 45.0 Å². The summed E-state index contributed by atoms with van der Waals surface area (Å²) in [6.45, 7) is 0. The van der Waals surface area contributed by atoms with Crippen LogP contribution in [0.4, 0.5) is 0 Å². The van der Waals surface area contributed by atoms with Gasteiger partial charge in [-0.25, -0.2) is 9.97 Å². The number of aromatic nitrogens is 4. The Kier molecular flexibility index (Phi) is 7.95. The highest BCUT2D eigenvalue weighted by molar-refractivity contribution is 6.22. The van der Waals surface area contributed by atoms with Gasteiger partial charge in [-0.2, -0.15) is 0 Å². The highest BCUT2D eigenvalue weighted by atomic mass is 15.0. The second kappa shape index (κ2) is 14.3. The van der Waals surface area contributed by atoms with E-state index in [2.05, 4.69) is 228 Å². The van der Waals surface area contributed by atoms with Crippen LogP contribution in [0.15, 0.2) is 231 Å². The van der Waals surface area contributed by atoms with Crippen LogP contribution in [0.3, 0.4) is 0 Å². The van der Waals surface area contributed by atoms with E-state index in [1.54, 1.807) is 0 Å². The van der Waals surface area contributed by atoms with Gasteiger partial charge in [0.1, 0.15) is 0 Å². The summed E-state index contributed by atoms with van der Waals surface area (Å²) in [6, 6.07) is 83.3. The molecule has 0 saturated heterocycles. The monoisotopic (exact) mass is 838 g/mol. The molecular weight excluding hydrogens is 801 g/mol. The molecule has 0 aliphatic rings. The zero-order chi connectivity index (χ0) is 43.3. The Morgan fingerprint density at radius 1 is 0.288 bits per heavy atom. The molecule has 0 radical (unpaired) electrons. The molecule has 3 aromatic heterocycles. The third-order valence-electron chi connectivity index (χ3n) is 13.7. The van der Waals surface area contributed by atoms with E-state index < -0.39 is 0 Å². The lowest BCUT2D eigenvalue weighted by molar-refractivity contribution is 1.18. The van der Waals surface area contributed by atoms with E-state index in [0.717, 1.165) is 72.3 Å². The Labute approximate surface area is 379 Å². The third kappa shape index (κ3) is 5.45. The van der Waals surface area contributed by atoms with Crippen molar-refractivity contribution < 1.29 is 0 Å². The minimum Gasteiger partial charge on any atom is -0.309 e. The predicted octanol–water partition coefficient (Wildman–Crippen LogP) is 16.3. The van der Waals surface area contributed by atoms with Crippen molar-refractivity contribution in [2.75, 3.05) is 0 Å². The molecule has 0 saturated carbocycles. The summed E-state index contributed by atoms with van der Waals surface area (Å²) in [6.07, 6.45) is 0. The molecule has 0 aliphatic heterocycles. The summed E-state index contributed by atoms with van der Waals surface area (Å²) in [5.41, 5.74) is 14.8. The van der Waals surface area contributed by atoms with Gasteiger partial charge in [0.2, 0.25) is 0 Å². The van der Waals surface area contributed by atoms with Crippen LogP contribution in [-0.4, -0.2) is 19.1 Å². The Hall–Kier alpha value is -8.86. The second-order valence-electron chi connectivity index (χ2n) is 17.3. The van der Waals surface area contributed by atoms with E-state index in [4.69, 9.17) is 9.97 Å². The van der Waals surface area contributed by atoms with Crippen LogP contribution in [0.1, 0.15) is 0 Å². The standard InChI is InChI=1S/C62H38N4/c1-2-15-39(16-3-1)40-31-33-42(34-32-40)60-61(64-53-26-10-9-25-52(53)63-60)49-24-12-23-47-46(49)22-13-28-54(47)65-56-29-14-30-57(59(56)51-37-43-18-4-5-19-44(43)38-58(51)65)66-55-27-11-8-21-48(55)50-36-35-41-17-6-7-20-45(41)62(50)66/h1-38H. The van der Waals surface area contributed by atoms with E-state index in [0.29, 0.717) is 0 Å². The summed E-state index contributed by atoms with van der Waals surface area (Å²) in [7, 11) is 0. The number of rotatable bonds is 5. The lowest BCUT2D eigenvalue weighted by atomic mass is 9.96. The lowest BCUT2D eigenvalue weighted by Gasteiger charge is -2.16. The van der Waals surface area contributed by atoms with Crippen LogP contribution < -0.4 is 0 Å². The Morgan fingerprint density at radius 2 is 0.879 bits per heavy atom. The number of hydrogen-bond donors (Lipinski definition) is 0. The zero-order valence-corrected chi connectivity index (χ0v) is 35.7. The molecule has 4 nitrogen and oxygen atoms in total. The molecule has 3 heterocycles. The van der Waals surface area contributed by atoms with Crippen molar-refractivity contribution in [2.24, 2.45) is 0 Å². The largest absolute Gasteiger partial charge is 0.309 e. The normalized spacial score (nSPS) is 11.9. The molecule has 0 fully saturated rings. The Morgan fingerprint density at radius 3 is 1.71 bits per heavy atom. The first-order chi connectivity index (χ1) is 32.7. The Bertz CT molecular complexity index is 4270. The molecule has 14 aromatic rings. The van der Waals surface area contributed by atoms with Gasteiger partial charge in [0.25, 0.3) is 0 Å². The highest BCUT2D eigenvalue weighted by Gasteiger charge is 2.23. The molecule has 0 N–H and O–H groups in total. The van der Waals surface area contributed by atoms with Crippen molar-refractivity contribution in [3.63, 3.8) is 0 Å². The number of nitrogens with zero attached hydrogens (tertiary/aromatic N) is 4. The summed E-state index contributed by atoms with van der Waals surface area (Å²) in [4.78, 5) is 10.8. The molecule has 4 heteroatoms. The molecule has 0 spiro atoms. The maximum absolute atomic E-state index is 5.42. The molecule has 0 atom stereocenters. The van der Waals surface area contributed by atoms with Crippen molar-refractivity contribution in [2.45, 2.75) is 0 Å². The first-order valence-electron chi connectivity index (χ1n) is 22.6. The smallest absolute Gasteiger partial charge is 0.0979 e. The number of fused-ring (bicyclic) bond motifs is 11. The van der Waals surface area contributed by atoms with E-state index in [-0.39, 0.29) is 0 Å². The SMILES string of the molecule is c1ccc(-c2ccc(-c3nc4ccccc4nc3-c3cccc4c(-n5c6cc7ccccc7cc6c6c(-n7c8ccccc8c8ccc9ccccc9c87)cccc65)cccc34)cc2)cc1. The molecule has 14 rings (SSSR count). The molecule has 0 amide bonds. The molecule has 0 bridgehead atoms. The molecule has 66 heavy (non-hydrogen) atoms. The number of para-hydroxylation sites is 3. The van der Waals surface area contributed by atoms with Crippen LogP contribution in [-0.2, 0) is 0 Å². The molecule has 0 unspecified atom stereocenters. The predicted molar refractivity (Wildman–Crippen MR) is 277 cm³/mol. The lowest BCUT2D eigenvalue weighted by Crippen LogP contribution is -1.99. The molecule has 306 valence electrons. The van der Waals surface area contributed by atoms with Gasteiger partial charge in [-0.1, -0.05) is 182 Å². The molecule has 11 aromatic carbocycles. The van der Waals surface area contributed by atoms with Crippen LogP contribution in [0.5, 0.6) is 0 Å². The van der Waals surface area contributed by atoms with Gasteiger partial charge in [-0.3, -0.25) is 0 Å². The quantitative estimate of drug-likeness (QED) is 0.173.